The van der Waals surface area contributed by atoms with Gasteiger partial charge in [-0.2, -0.15) is 0 Å². The van der Waals surface area contributed by atoms with E-state index in [-0.39, 0.29) is 0 Å². The molecule has 14 heavy (non-hydrogen) atoms. The lowest BCUT2D eigenvalue weighted by atomic mass is 9.93. The molecule has 4 N–H and O–H groups in total. The number of hydrogen-bond donors (Lipinski definition) is 2. The van der Waals surface area contributed by atoms with Gasteiger partial charge in [0.15, 0.2) is 0 Å². The van der Waals surface area contributed by atoms with Crippen molar-refractivity contribution in [2.45, 2.75) is 39.5 Å². The number of hydrogen-bond acceptors (Lipinski definition) is 2. The molecule has 0 amide bonds. The predicted molar refractivity (Wildman–Crippen MR) is 63.4 cm³/mol. The summed E-state index contributed by atoms with van der Waals surface area (Å²) in [6.45, 7) is 8.50. The highest BCUT2D eigenvalue weighted by atomic mass is 14.6. The van der Waals surface area contributed by atoms with Crippen LogP contribution < -0.4 is 11.5 Å². The smallest absolute Gasteiger partial charge is 0.0372 e. The normalized spacial score (nSPS) is 11.3. The molecule has 0 aliphatic heterocycles. The van der Waals surface area contributed by atoms with Gasteiger partial charge in [0.2, 0.25) is 0 Å². The van der Waals surface area contributed by atoms with E-state index in [1.807, 2.05) is 12.1 Å². The van der Waals surface area contributed by atoms with Crippen LogP contribution in [-0.2, 0) is 0 Å². The predicted octanol–water partition coefficient (Wildman–Crippen LogP) is 3.10. The molecule has 0 atom stereocenters. The molecule has 0 saturated heterocycles. The van der Waals surface area contributed by atoms with Crippen molar-refractivity contribution < 1.29 is 0 Å². The van der Waals surface area contributed by atoms with Crippen LogP contribution in [0, 0.1) is 0 Å². The Morgan fingerprint density at radius 1 is 0.857 bits per heavy atom. The maximum absolute atomic E-state index is 5.98. The first-order valence-electron chi connectivity index (χ1n) is 5.12. The number of nitrogens with two attached hydrogens (primary N) is 2. The summed E-state index contributed by atoms with van der Waals surface area (Å²) < 4.78 is 0. The van der Waals surface area contributed by atoms with Gasteiger partial charge < -0.3 is 11.5 Å². The molecule has 0 aromatic heterocycles. The van der Waals surface area contributed by atoms with Crippen LogP contribution in [0.2, 0.25) is 0 Å². The molecule has 2 nitrogen and oxygen atoms in total. The molecule has 0 unspecified atom stereocenters. The molecule has 0 aliphatic rings. The summed E-state index contributed by atoms with van der Waals surface area (Å²) in [6.07, 6.45) is 0. The van der Waals surface area contributed by atoms with Gasteiger partial charge in [-0.15, -0.1) is 0 Å². The minimum Gasteiger partial charge on any atom is -0.398 e. The van der Waals surface area contributed by atoms with E-state index in [0.29, 0.717) is 11.8 Å². The molecule has 0 heterocycles. The lowest BCUT2D eigenvalue weighted by molar-refractivity contribution is 0.850. The van der Waals surface area contributed by atoms with Gasteiger partial charge in [0.25, 0.3) is 0 Å². The van der Waals surface area contributed by atoms with Gasteiger partial charge in [-0.1, -0.05) is 27.7 Å². The Kier molecular flexibility index (Phi) is 3.04. The molecular weight excluding hydrogens is 172 g/mol. The van der Waals surface area contributed by atoms with Crippen LogP contribution in [0.25, 0.3) is 0 Å². The van der Waals surface area contributed by atoms with Crippen LogP contribution >= 0.6 is 0 Å². The van der Waals surface area contributed by atoms with Crippen molar-refractivity contribution >= 4 is 11.4 Å². The monoisotopic (exact) mass is 192 g/mol. The van der Waals surface area contributed by atoms with E-state index < -0.39 is 0 Å². The van der Waals surface area contributed by atoms with Gasteiger partial charge in [-0.05, 0) is 29.5 Å². The van der Waals surface area contributed by atoms with Crippen LogP contribution in [0.1, 0.15) is 50.7 Å². The zero-order chi connectivity index (χ0) is 10.9. The van der Waals surface area contributed by atoms with Crippen molar-refractivity contribution in [2.75, 3.05) is 11.5 Å². The van der Waals surface area contributed by atoms with E-state index >= 15 is 0 Å². The lowest BCUT2D eigenvalue weighted by Gasteiger charge is -2.16. The van der Waals surface area contributed by atoms with Crippen molar-refractivity contribution in [1.29, 1.82) is 0 Å². The molecule has 0 radical (unpaired) electrons. The molecule has 2 heteroatoms. The van der Waals surface area contributed by atoms with Crippen molar-refractivity contribution in [3.05, 3.63) is 23.3 Å². The molecule has 78 valence electrons. The fourth-order valence-corrected chi connectivity index (χ4v) is 1.72. The Labute approximate surface area is 86.3 Å². The van der Waals surface area contributed by atoms with Crippen molar-refractivity contribution in [3.63, 3.8) is 0 Å². The van der Waals surface area contributed by atoms with E-state index in [4.69, 9.17) is 11.5 Å². The van der Waals surface area contributed by atoms with Crippen molar-refractivity contribution in [3.8, 4) is 0 Å². The van der Waals surface area contributed by atoms with Gasteiger partial charge >= 0.3 is 0 Å². The second kappa shape index (κ2) is 3.91. The Morgan fingerprint density at radius 2 is 1.29 bits per heavy atom. The SMILES string of the molecule is CC(C)c1cc(N)c(C(C)C)c(N)c1. The average Bonchev–Trinajstić information content (AvgIpc) is 2.01. The van der Waals surface area contributed by atoms with Crippen LogP contribution in [0.5, 0.6) is 0 Å². The highest BCUT2D eigenvalue weighted by Crippen LogP contribution is 2.31. The first-order valence-corrected chi connectivity index (χ1v) is 5.12. The summed E-state index contributed by atoms with van der Waals surface area (Å²) in [5.74, 6) is 0.858. The second-order valence-electron chi connectivity index (χ2n) is 4.42. The molecule has 1 aromatic rings. The second-order valence-corrected chi connectivity index (χ2v) is 4.42. The largest absolute Gasteiger partial charge is 0.398 e. The minimum absolute atomic E-state index is 0.385. The molecule has 0 bridgehead atoms. The quantitative estimate of drug-likeness (QED) is 0.707. The zero-order valence-corrected chi connectivity index (χ0v) is 9.46. The van der Waals surface area contributed by atoms with Crippen LogP contribution in [0.4, 0.5) is 11.4 Å². The number of benzene rings is 1. The van der Waals surface area contributed by atoms with E-state index in [1.165, 1.54) is 5.56 Å². The Balaban J connectivity index is 3.25. The Bertz CT molecular complexity index is 304. The zero-order valence-electron chi connectivity index (χ0n) is 9.46. The molecule has 1 aromatic carbocycles. The summed E-state index contributed by atoms with van der Waals surface area (Å²) in [7, 11) is 0. The minimum atomic E-state index is 0.385. The Morgan fingerprint density at radius 3 is 1.57 bits per heavy atom. The molecule has 0 fully saturated rings. The summed E-state index contributed by atoms with van der Waals surface area (Å²) in [6, 6.07) is 4.08. The van der Waals surface area contributed by atoms with Gasteiger partial charge in [0.05, 0.1) is 0 Å². The van der Waals surface area contributed by atoms with E-state index in [0.717, 1.165) is 16.9 Å². The van der Waals surface area contributed by atoms with Crippen molar-refractivity contribution in [1.82, 2.24) is 0 Å². The number of rotatable bonds is 2. The average molecular weight is 192 g/mol. The van der Waals surface area contributed by atoms with E-state index in [2.05, 4.69) is 27.7 Å². The third kappa shape index (κ3) is 2.00. The standard InChI is InChI=1S/C12H20N2/c1-7(2)9-5-10(13)12(8(3)4)11(14)6-9/h5-8H,13-14H2,1-4H3. The van der Waals surface area contributed by atoms with E-state index in [9.17, 15) is 0 Å². The van der Waals surface area contributed by atoms with Crippen LogP contribution in [0.3, 0.4) is 0 Å². The fraction of sp³-hybridized carbons (Fsp3) is 0.500. The first kappa shape index (κ1) is 10.9. The van der Waals surface area contributed by atoms with E-state index in [1.54, 1.807) is 0 Å². The van der Waals surface area contributed by atoms with Gasteiger partial charge in [0.1, 0.15) is 0 Å². The van der Waals surface area contributed by atoms with Gasteiger partial charge in [-0.25, -0.2) is 0 Å². The third-order valence-electron chi connectivity index (χ3n) is 2.51. The maximum Gasteiger partial charge on any atom is 0.0372 e. The van der Waals surface area contributed by atoms with Crippen LogP contribution in [0.15, 0.2) is 12.1 Å². The number of anilines is 2. The first-order chi connectivity index (χ1) is 6.43. The summed E-state index contributed by atoms with van der Waals surface area (Å²) in [5.41, 5.74) is 15.9. The lowest BCUT2D eigenvalue weighted by Crippen LogP contribution is -2.04. The van der Waals surface area contributed by atoms with Crippen molar-refractivity contribution in [2.24, 2.45) is 0 Å². The fourth-order valence-electron chi connectivity index (χ4n) is 1.72. The molecular formula is C12H20N2. The van der Waals surface area contributed by atoms with Gasteiger partial charge in [0, 0.05) is 16.9 Å². The highest BCUT2D eigenvalue weighted by molar-refractivity contribution is 5.65. The third-order valence-corrected chi connectivity index (χ3v) is 2.51. The van der Waals surface area contributed by atoms with Crippen LogP contribution in [-0.4, -0.2) is 0 Å². The molecule has 0 spiro atoms. The maximum atomic E-state index is 5.98. The summed E-state index contributed by atoms with van der Waals surface area (Å²) in [5, 5.41) is 0. The molecule has 0 aliphatic carbocycles. The van der Waals surface area contributed by atoms with Gasteiger partial charge in [-0.3, -0.25) is 0 Å². The summed E-state index contributed by atoms with van der Waals surface area (Å²) >= 11 is 0. The topological polar surface area (TPSA) is 52.0 Å². The molecule has 0 saturated carbocycles. The molecule has 1 rings (SSSR count). The number of nitrogen functional groups attached to an aromatic ring is 2. The highest BCUT2D eigenvalue weighted by Gasteiger charge is 2.11. The summed E-state index contributed by atoms with van der Waals surface area (Å²) in [4.78, 5) is 0. The Hall–Kier alpha value is -1.18.